The zero-order valence-corrected chi connectivity index (χ0v) is 12.7. The summed E-state index contributed by atoms with van der Waals surface area (Å²) in [5.41, 5.74) is 1.06. The molecular weight excluding hydrogens is 293 g/mol. The van der Waals surface area contributed by atoms with Crippen LogP contribution >= 0.6 is 12.2 Å². The van der Waals surface area contributed by atoms with E-state index in [1.165, 1.54) is 6.07 Å². The molecule has 0 saturated carbocycles. The fraction of sp³-hybridized carbons (Fsp3) is 0.429. The average Bonchev–Trinajstić information content (AvgIpc) is 2.76. The lowest BCUT2D eigenvalue weighted by atomic mass is 10.0. The minimum absolute atomic E-state index is 0.161. The Morgan fingerprint density at radius 3 is 2.76 bits per heavy atom. The summed E-state index contributed by atoms with van der Waals surface area (Å²) in [6.45, 7) is 3.84. The van der Waals surface area contributed by atoms with E-state index in [1.54, 1.807) is 0 Å². The van der Waals surface area contributed by atoms with Gasteiger partial charge >= 0.3 is 0 Å². The summed E-state index contributed by atoms with van der Waals surface area (Å²) < 4.78 is 13.9. The van der Waals surface area contributed by atoms with Gasteiger partial charge in [-0.1, -0.05) is 13.8 Å². The first-order valence-corrected chi connectivity index (χ1v) is 7.14. The number of aromatic amines is 2. The lowest BCUT2D eigenvalue weighted by molar-refractivity contribution is 0.0909. The highest BCUT2D eigenvalue weighted by molar-refractivity contribution is 7.71. The van der Waals surface area contributed by atoms with Crippen molar-refractivity contribution < 1.29 is 14.3 Å². The maximum atomic E-state index is 13.6. The Hall–Kier alpha value is -1.73. The quantitative estimate of drug-likeness (QED) is 0.640. The maximum absolute atomic E-state index is 13.6. The predicted molar refractivity (Wildman–Crippen MR) is 81.2 cm³/mol. The van der Waals surface area contributed by atoms with Gasteiger partial charge < -0.3 is 20.4 Å². The highest BCUT2D eigenvalue weighted by atomic mass is 32.1. The third kappa shape index (κ3) is 3.68. The predicted octanol–water partition coefficient (Wildman–Crippen LogP) is 2.50. The van der Waals surface area contributed by atoms with Gasteiger partial charge in [0.2, 0.25) is 0 Å². The van der Waals surface area contributed by atoms with Gasteiger partial charge in [0.25, 0.3) is 5.91 Å². The molecule has 1 heterocycles. The number of H-pyrrole nitrogens is 2. The summed E-state index contributed by atoms with van der Waals surface area (Å²) >= 11 is 4.96. The Balaban J connectivity index is 2.32. The van der Waals surface area contributed by atoms with Crippen LogP contribution in [0.4, 0.5) is 4.39 Å². The molecule has 0 bridgehead atoms. The van der Waals surface area contributed by atoms with Crippen LogP contribution in [0.5, 0.6) is 0 Å². The van der Waals surface area contributed by atoms with Crippen LogP contribution in [0.15, 0.2) is 12.1 Å². The van der Waals surface area contributed by atoms with Gasteiger partial charge in [0, 0.05) is 0 Å². The number of fused-ring (bicyclic) bond motifs is 1. The van der Waals surface area contributed by atoms with Crippen LogP contribution in [0.3, 0.4) is 0 Å². The van der Waals surface area contributed by atoms with E-state index in [1.807, 2.05) is 13.8 Å². The summed E-state index contributed by atoms with van der Waals surface area (Å²) in [5.74, 6) is -0.639. The van der Waals surface area contributed by atoms with E-state index in [0.29, 0.717) is 28.1 Å². The van der Waals surface area contributed by atoms with Crippen LogP contribution in [0.2, 0.25) is 0 Å². The molecule has 1 atom stereocenters. The molecule has 0 aliphatic rings. The molecule has 2 aromatic rings. The number of nitrogens with one attached hydrogen (secondary N) is 3. The van der Waals surface area contributed by atoms with Gasteiger partial charge in [0.15, 0.2) is 4.77 Å². The van der Waals surface area contributed by atoms with Crippen molar-refractivity contribution in [2.75, 3.05) is 6.61 Å². The topological polar surface area (TPSA) is 80.9 Å². The zero-order chi connectivity index (χ0) is 15.6. The van der Waals surface area contributed by atoms with Crippen molar-refractivity contribution in [1.29, 1.82) is 0 Å². The molecule has 0 aliphatic carbocycles. The summed E-state index contributed by atoms with van der Waals surface area (Å²) in [4.78, 5) is 17.9. The van der Waals surface area contributed by atoms with Crippen molar-refractivity contribution in [2.24, 2.45) is 5.92 Å². The zero-order valence-electron chi connectivity index (χ0n) is 11.9. The molecule has 0 radical (unpaired) electrons. The number of aliphatic hydroxyl groups is 1. The molecule has 5 nitrogen and oxygen atoms in total. The number of benzene rings is 1. The summed E-state index contributed by atoms with van der Waals surface area (Å²) in [6.07, 6.45) is 0.643. The Morgan fingerprint density at radius 1 is 1.43 bits per heavy atom. The largest absolute Gasteiger partial charge is 0.394 e. The molecule has 1 aromatic heterocycles. The summed E-state index contributed by atoms with van der Waals surface area (Å²) in [7, 11) is 0. The van der Waals surface area contributed by atoms with Crippen molar-refractivity contribution in [1.82, 2.24) is 15.3 Å². The molecule has 7 heteroatoms. The number of carbonyl (C=O) groups excluding carboxylic acids is 1. The van der Waals surface area contributed by atoms with Gasteiger partial charge in [-0.3, -0.25) is 4.79 Å². The van der Waals surface area contributed by atoms with Crippen LogP contribution in [-0.4, -0.2) is 33.6 Å². The number of aliphatic hydroxyl groups excluding tert-OH is 1. The van der Waals surface area contributed by atoms with Gasteiger partial charge in [0.1, 0.15) is 5.82 Å². The molecule has 114 valence electrons. The second-order valence-electron chi connectivity index (χ2n) is 5.44. The normalized spacial score (nSPS) is 12.8. The minimum Gasteiger partial charge on any atom is -0.394 e. The summed E-state index contributed by atoms with van der Waals surface area (Å²) in [5, 5.41) is 12.0. The Kier molecular flexibility index (Phi) is 4.74. The van der Waals surface area contributed by atoms with Crippen molar-refractivity contribution in [3.05, 3.63) is 28.3 Å². The average molecular weight is 311 g/mol. The highest BCUT2D eigenvalue weighted by Crippen LogP contribution is 2.18. The molecule has 1 amide bonds. The first kappa shape index (κ1) is 15.7. The van der Waals surface area contributed by atoms with E-state index in [9.17, 15) is 14.3 Å². The van der Waals surface area contributed by atoms with Gasteiger partial charge in [0.05, 0.1) is 29.2 Å². The SMILES string of the molecule is CC(C)CC(CO)NC(=O)c1cc(F)cc2[nH]c(=S)[nH]c12. The van der Waals surface area contributed by atoms with Crippen molar-refractivity contribution >= 4 is 29.2 Å². The van der Waals surface area contributed by atoms with Crippen LogP contribution in [-0.2, 0) is 0 Å². The lowest BCUT2D eigenvalue weighted by Gasteiger charge is -2.18. The van der Waals surface area contributed by atoms with Crippen LogP contribution in [0, 0.1) is 16.5 Å². The van der Waals surface area contributed by atoms with Gasteiger partial charge in [-0.25, -0.2) is 4.39 Å². The number of hydrogen-bond donors (Lipinski definition) is 4. The Morgan fingerprint density at radius 2 is 2.14 bits per heavy atom. The maximum Gasteiger partial charge on any atom is 0.253 e. The number of halogens is 1. The number of hydrogen-bond acceptors (Lipinski definition) is 3. The standard InChI is InChI=1S/C14H18FN3O2S/c1-7(2)3-9(6-19)16-13(20)10-4-8(15)5-11-12(10)18-14(21)17-11/h4-5,7,9,19H,3,6H2,1-2H3,(H,16,20)(H2,17,18,21). The van der Waals surface area contributed by atoms with Crippen molar-refractivity contribution in [2.45, 2.75) is 26.3 Å². The van der Waals surface area contributed by atoms with E-state index in [-0.39, 0.29) is 18.2 Å². The Bertz CT molecular complexity index is 708. The van der Waals surface area contributed by atoms with E-state index >= 15 is 0 Å². The van der Waals surface area contributed by atoms with E-state index in [4.69, 9.17) is 12.2 Å². The minimum atomic E-state index is -0.526. The van der Waals surface area contributed by atoms with E-state index < -0.39 is 11.7 Å². The molecule has 1 aromatic carbocycles. The molecule has 4 N–H and O–H groups in total. The third-order valence-corrected chi connectivity index (χ3v) is 3.35. The number of rotatable bonds is 5. The molecular formula is C14H18FN3O2S. The number of carbonyl (C=O) groups is 1. The van der Waals surface area contributed by atoms with E-state index in [2.05, 4.69) is 15.3 Å². The van der Waals surface area contributed by atoms with Crippen molar-refractivity contribution in [3.63, 3.8) is 0 Å². The third-order valence-electron chi connectivity index (χ3n) is 3.15. The second kappa shape index (κ2) is 6.36. The number of imidazole rings is 1. The first-order valence-electron chi connectivity index (χ1n) is 6.74. The molecule has 0 spiro atoms. The fourth-order valence-corrected chi connectivity index (χ4v) is 2.51. The molecule has 0 fully saturated rings. The van der Waals surface area contributed by atoms with Gasteiger partial charge in [-0.05, 0) is 36.7 Å². The fourth-order valence-electron chi connectivity index (χ4n) is 2.30. The number of aromatic nitrogens is 2. The number of amides is 1. The monoisotopic (exact) mass is 311 g/mol. The molecule has 0 aliphatic heterocycles. The second-order valence-corrected chi connectivity index (χ2v) is 5.85. The molecule has 2 rings (SSSR count). The van der Waals surface area contributed by atoms with Gasteiger partial charge in [-0.2, -0.15) is 0 Å². The first-order chi connectivity index (χ1) is 9.90. The lowest BCUT2D eigenvalue weighted by Crippen LogP contribution is -2.38. The van der Waals surface area contributed by atoms with Crippen LogP contribution in [0.25, 0.3) is 11.0 Å². The van der Waals surface area contributed by atoms with Gasteiger partial charge in [-0.15, -0.1) is 0 Å². The smallest absolute Gasteiger partial charge is 0.253 e. The summed E-state index contributed by atoms with van der Waals surface area (Å²) in [6, 6.07) is 2.06. The molecule has 0 saturated heterocycles. The molecule has 1 unspecified atom stereocenters. The van der Waals surface area contributed by atoms with Crippen LogP contribution < -0.4 is 5.32 Å². The molecule has 21 heavy (non-hydrogen) atoms. The Labute approximate surface area is 126 Å². The van der Waals surface area contributed by atoms with Crippen molar-refractivity contribution in [3.8, 4) is 0 Å². The van der Waals surface area contributed by atoms with E-state index in [0.717, 1.165) is 6.07 Å². The highest BCUT2D eigenvalue weighted by Gasteiger charge is 2.18. The van der Waals surface area contributed by atoms with Crippen LogP contribution in [0.1, 0.15) is 30.6 Å².